The maximum Gasteiger partial charge on any atom is -0.0175 e. The van der Waals surface area contributed by atoms with Crippen molar-refractivity contribution in [3.8, 4) is 0 Å². The van der Waals surface area contributed by atoms with Gasteiger partial charge in [0.15, 0.2) is 0 Å². The van der Waals surface area contributed by atoms with Crippen LogP contribution in [0.5, 0.6) is 0 Å². The zero-order valence-corrected chi connectivity index (χ0v) is 19.0. The third kappa shape index (κ3) is 4.73. The summed E-state index contributed by atoms with van der Waals surface area (Å²) in [6, 6.07) is 0. The van der Waals surface area contributed by atoms with Gasteiger partial charge in [-0.3, -0.25) is 0 Å². The van der Waals surface area contributed by atoms with E-state index < -0.39 is 0 Å². The monoisotopic (exact) mass is 370 g/mol. The Balaban J connectivity index is 1.91. The van der Waals surface area contributed by atoms with E-state index in [1.54, 1.807) is 0 Å². The van der Waals surface area contributed by atoms with E-state index in [0.717, 1.165) is 53.3 Å². The van der Waals surface area contributed by atoms with E-state index in [1.165, 1.54) is 68.9 Å². The predicted octanol–water partition coefficient (Wildman–Crippen LogP) is 8.30. The van der Waals surface area contributed by atoms with Crippen molar-refractivity contribution in [2.45, 2.75) is 92.4 Å². The molecule has 0 aromatic carbocycles. The summed E-state index contributed by atoms with van der Waals surface area (Å²) in [5, 5.41) is 0. The predicted molar refractivity (Wildman–Crippen MR) is 120 cm³/mol. The molecular weight excluding hydrogens is 324 g/mol. The van der Waals surface area contributed by atoms with Crippen LogP contribution in [0.3, 0.4) is 0 Å². The molecule has 0 radical (unpaired) electrons. The highest BCUT2D eigenvalue weighted by molar-refractivity contribution is 5.08. The Morgan fingerprint density at radius 2 is 1.41 bits per heavy atom. The van der Waals surface area contributed by atoms with Gasteiger partial charge in [-0.25, -0.2) is 0 Å². The second kappa shape index (κ2) is 8.87. The Labute approximate surface area is 170 Å². The molecule has 154 valence electrons. The Morgan fingerprint density at radius 1 is 0.815 bits per heavy atom. The zero-order valence-electron chi connectivity index (χ0n) is 19.0. The first-order chi connectivity index (χ1) is 12.8. The molecule has 0 aliphatic heterocycles. The largest absolute Gasteiger partial charge is 0.0999 e. The molecule has 9 unspecified atom stereocenters. The van der Waals surface area contributed by atoms with E-state index in [0.29, 0.717) is 0 Å². The van der Waals surface area contributed by atoms with Crippen LogP contribution < -0.4 is 0 Å². The molecule has 0 bridgehead atoms. The summed E-state index contributed by atoms with van der Waals surface area (Å²) in [4.78, 5) is 0. The molecule has 0 heteroatoms. The minimum Gasteiger partial charge on any atom is -0.0999 e. The summed E-state index contributed by atoms with van der Waals surface area (Å²) in [5.41, 5.74) is 2.98. The molecule has 3 aliphatic rings. The first-order valence-electron chi connectivity index (χ1n) is 12.1. The van der Waals surface area contributed by atoms with Crippen LogP contribution in [0.1, 0.15) is 92.4 Å². The van der Waals surface area contributed by atoms with Gasteiger partial charge in [0, 0.05) is 0 Å². The van der Waals surface area contributed by atoms with Gasteiger partial charge >= 0.3 is 0 Å². The van der Waals surface area contributed by atoms with E-state index in [2.05, 4.69) is 47.8 Å². The second-order valence-electron chi connectivity index (χ2n) is 11.3. The number of hydrogen-bond acceptors (Lipinski definition) is 0. The highest BCUT2D eigenvalue weighted by Gasteiger charge is 2.46. The average molecular weight is 371 g/mol. The second-order valence-corrected chi connectivity index (χ2v) is 11.3. The molecule has 0 spiro atoms. The van der Waals surface area contributed by atoms with Crippen molar-refractivity contribution >= 4 is 0 Å². The molecule has 0 N–H and O–H groups in total. The summed E-state index contributed by atoms with van der Waals surface area (Å²) < 4.78 is 0. The maximum atomic E-state index is 4.48. The van der Waals surface area contributed by atoms with Crippen molar-refractivity contribution in [3.05, 3.63) is 24.3 Å². The van der Waals surface area contributed by atoms with Crippen LogP contribution in [0.25, 0.3) is 0 Å². The summed E-state index contributed by atoms with van der Waals surface area (Å²) in [6.45, 7) is 21.2. The molecule has 3 rings (SSSR count). The molecular formula is C27H46. The first kappa shape index (κ1) is 21.2. The quantitative estimate of drug-likeness (QED) is 0.436. The van der Waals surface area contributed by atoms with Gasteiger partial charge in [-0.1, -0.05) is 64.8 Å². The summed E-state index contributed by atoms with van der Waals surface area (Å²) in [7, 11) is 0. The molecule has 0 heterocycles. The summed E-state index contributed by atoms with van der Waals surface area (Å²) >= 11 is 0. The smallest absolute Gasteiger partial charge is 0.0175 e. The van der Waals surface area contributed by atoms with Crippen LogP contribution in [0.15, 0.2) is 24.3 Å². The highest BCUT2D eigenvalue weighted by Crippen LogP contribution is 2.54. The zero-order chi connectivity index (χ0) is 19.7. The Bertz CT molecular complexity index is 528. The van der Waals surface area contributed by atoms with E-state index in [-0.39, 0.29) is 0 Å². The molecule has 0 nitrogen and oxygen atoms in total. The van der Waals surface area contributed by atoms with Crippen LogP contribution in [-0.4, -0.2) is 0 Å². The molecule has 3 fully saturated rings. The molecule has 0 saturated heterocycles. The number of allylic oxidation sites excluding steroid dienone is 2. The summed E-state index contributed by atoms with van der Waals surface area (Å²) in [5.74, 6) is 7.98. The highest BCUT2D eigenvalue weighted by atomic mass is 14.5. The van der Waals surface area contributed by atoms with Crippen LogP contribution >= 0.6 is 0 Å². The van der Waals surface area contributed by atoms with Gasteiger partial charge in [0.1, 0.15) is 0 Å². The lowest BCUT2D eigenvalue weighted by Crippen LogP contribution is -2.44. The maximum absolute atomic E-state index is 4.48. The fourth-order valence-corrected chi connectivity index (χ4v) is 7.58. The fourth-order valence-electron chi connectivity index (χ4n) is 7.58. The van der Waals surface area contributed by atoms with Crippen LogP contribution in [0.4, 0.5) is 0 Å². The van der Waals surface area contributed by atoms with Crippen LogP contribution in [0.2, 0.25) is 0 Å². The van der Waals surface area contributed by atoms with E-state index in [9.17, 15) is 0 Å². The van der Waals surface area contributed by atoms with Crippen LogP contribution in [-0.2, 0) is 0 Å². The number of rotatable bonds is 4. The molecule has 27 heavy (non-hydrogen) atoms. The summed E-state index contributed by atoms with van der Waals surface area (Å²) in [6.07, 6.45) is 12.6. The topological polar surface area (TPSA) is 0 Å². The molecule has 0 aromatic rings. The van der Waals surface area contributed by atoms with Gasteiger partial charge in [-0.05, 0) is 105 Å². The normalized spacial score (nSPS) is 44.7. The SMILES string of the molecule is C=C1CCC(C(C2CCC(C)CC2C)C2CCC(C)CC2C(=C)C)C(C)C1. The van der Waals surface area contributed by atoms with E-state index in [1.807, 2.05) is 0 Å². The average Bonchev–Trinajstić information content (AvgIpc) is 2.59. The lowest BCUT2D eigenvalue weighted by molar-refractivity contribution is -0.00702. The van der Waals surface area contributed by atoms with Crippen molar-refractivity contribution in [1.82, 2.24) is 0 Å². The molecule has 3 aliphatic carbocycles. The molecule has 3 saturated carbocycles. The van der Waals surface area contributed by atoms with Gasteiger partial charge in [-0.15, -0.1) is 0 Å². The van der Waals surface area contributed by atoms with Crippen molar-refractivity contribution in [2.24, 2.45) is 53.3 Å². The van der Waals surface area contributed by atoms with Crippen molar-refractivity contribution in [1.29, 1.82) is 0 Å². The first-order valence-corrected chi connectivity index (χ1v) is 12.1. The Hall–Kier alpha value is -0.520. The minimum atomic E-state index is 0.766. The van der Waals surface area contributed by atoms with Gasteiger partial charge in [0.05, 0.1) is 0 Å². The minimum absolute atomic E-state index is 0.766. The Morgan fingerprint density at radius 3 is 2.00 bits per heavy atom. The van der Waals surface area contributed by atoms with Gasteiger partial charge < -0.3 is 0 Å². The van der Waals surface area contributed by atoms with Crippen molar-refractivity contribution in [2.75, 3.05) is 0 Å². The molecule has 0 amide bonds. The number of hydrogen-bond donors (Lipinski definition) is 0. The molecule has 9 atom stereocenters. The lowest BCUT2D eigenvalue weighted by Gasteiger charge is -2.52. The Kier molecular flexibility index (Phi) is 6.97. The standard InChI is InChI=1S/C27H46/c1-17(2)26-16-20(5)10-13-25(26)27(23-11-8-18(3)14-21(23)6)24-12-9-19(4)15-22(24)7/h19-27H,1,3,8-16H2,2,4-7H3. The lowest BCUT2D eigenvalue weighted by atomic mass is 9.53. The van der Waals surface area contributed by atoms with Crippen molar-refractivity contribution in [3.63, 3.8) is 0 Å². The fraction of sp³-hybridized carbons (Fsp3) is 0.852. The van der Waals surface area contributed by atoms with Gasteiger partial charge in [0.2, 0.25) is 0 Å². The van der Waals surface area contributed by atoms with Gasteiger partial charge in [0.25, 0.3) is 0 Å². The van der Waals surface area contributed by atoms with Gasteiger partial charge in [-0.2, -0.15) is 0 Å². The third-order valence-electron chi connectivity index (χ3n) is 8.95. The van der Waals surface area contributed by atoms with Crippen molar-refractivity contribution < 1.29 is 0 Å². The third-order valence-corrected chi connectivity index (χ3v) is 8.95. The molecule has 0 aromatic heterocycles. The van der Waals surface area contributed by atoms with E-state index in [4.69, 9.17) is 0 Å². The van der Waals surface area contributed by atoms with E-state index >= 15 is 0 Å². The van der Waals surface area contributed by atoms with Crippen LogP contribution in [0, 0.1) is 53.3 Å².